The molecule has 1 atom stereocenters. The Balaban J connectivity index is 2.05. The monoisotopic (exact) mass is 336 g/mol. The Morgan fingerprint density at radius 2 is 2.09 bits per heavy atom. The lowest BCUT2D eigenvalue weighted by Gasteiger charge is -2.11. The Morgan fingerprint density at radius 1 is 1.39 bits per heavy atom. The summed E-state index contributed by atoms with van der Waals surface area (Å²) in [6, 6.07) is 4.80. The maximum absolute atomic E-state index is 13.1. The number of halogens is 2. The van der Waals surface area contributed by atoms with Crippen LogP contribution in [0.15, 0.2) is 23.6 Å². The van der Waals surface area contributed by atoms with E-state index in [0.717, 1.165) is 29.5 Å². The third-order valence-electron chi connectivity index (χ3n) is 3.02. The number of benzene rings is 1. The third-order valence-corrected chi connectivity index (χ3v) is 3.77. The van der Waals surface area contributed by atoms with Crippen LogP contribution in [-0.4, -0.2) is 16.9 Å². The number of amides is 1. The Bertz CT molecular complexity index is 721. The summed E-state index contributed by atoms with van der Waals surface area (Å²) in [6.45, 7) is 1.87. The van der Waals surface area contributed by atoms with E-state index in [1.54, 1.807) is 0 Å². The number of hydrogen-bond acceptors (Lipinski definition) is 5. The number of aromatic nitrogens is 1. The largest absolute Gasteiger partial charge is 0.347 e. The number of nitrogens with zero attached hydrogens (tertiary/aromatic N) is 2. The number of thiazole rings is 1. The van der Waals surface area contributed by atoms with Crippen molar-refractivity contribution >= 4 is 28.1 Å². The summed E-state index contributed by atoms with van der Waals surface area (Å²) in [5, 5.41) is 16.0. The predicted octanol–water partition coefficient (Wildman–Crippen LogP) is 3.59. The Kier molecular flexibility index (Phi) is 5.60. The molecule has 1 heterocycles. The normalized spacial score (nSPS) is 11.6. The molecule has 0 bridgehead atoms. The van der Waals surface area contributed by atoms with Crippen molar-refractivity contribution in [2.75, 3.05) is 5.32 Å². The molecule has 0 aliphatic rings. The van der Waals surface area contributed by atoms with Gasteiger partial charge in [-0.05, 0) is 18.6 Å². The molecule has 2 aromatic rings. The van der Waals surface area contributed by atoms with Crippen LogP contribution in [0.1, 0.15) is 30.3 Å². The summed E-state index contributed by atoms with van der Waals surface area (Å²) in [7, 11) is 0. The molecule has 0 saturated heterocycles. The van der Waals surface area contributed by atoms with Gasteiger partial charge in [-0.3, -0.25) is 4.79 Å². The van der Waals surface area contributed by atoms with E-state index in [0.29, 0.717) is 11.6 Å². The highest BCUT2D eigenvalue weighted by atomic mass is 32.1. The van der Waals surface area contributed by atoms with E-state index in [2.05, 4.69) is 15.6 Å². The average molecular weight is 336 g/mol. The number of anilines is 2. The minimum atomic E-state index is -0.704. The zero-order valence-corrected chi connectivity index (χ0v) is 13.1. The van der Waals surface area contributed by atoms with Gasteiger partial charge in [-0.25, -0.2) is 13.8 Å². The zero-order chi connectivity index (χ0) is 16.8. The highest BCUT2D eigenvalue weighted by Gasteiger charge is 2.15. The zero-order valence-electron chi connectivity index (χ0n) is 12.3. The molecule has 1 unspecified atom stereocenters. The van der Waals surface area contributed by atoms with E-state index in [-0.39, 0.29) is 29.8 Å². The molecular weight excluding hydrogens is 322 g/mol. The molecule has 23 heavy (non-hydrogen) atoms. The minimum Gasteiger partial charge on any atom is -0.347 e. The highest BCUT2D eigenvalue weighted by Crippen LogP contribution is 2.22. The molecule has 1 aromatic heterocycles. The Labute approximate surface area is 136 Å². The highest BCUT2D eigenvalue weighted by molar-refractivity contribution is 7.14. The predicted molar refractivity (Wildman–Crippen MR) is 83.5 cm³/mol. The molecular formula is C15H14F2N4OS. The van der Waals surface area contributed by atoms with E-state index in [4.69, 9.17) is 5.26 Å². The summed E-state index contributed by atoms with van der Waals surface area (Å²) in [4.78, 5) is 16.1. The molecule has 8 heteroatoms. The summed E-state index contributed by atoms with van der Waals surface area (Å²) >= 11 is 1.14. The molecule has 2 N–H and O–H groups in total. The molecule has 0 spiro atoms. The average Bonchev–Trinajstić information content (AvgIpc) is 2.94. The van der Waals surface area contributed by atoms with Gasteiger partial charge in [-0.2, -0.15) is 5.26 Å². The van der Waals surface area contributed by atoms with Crippen molar-refractivity contribution in [2.24, 2.45) is 0 Å². The fourth-order valence-electron chi connectivity index (χ4n) is 1.85. The van der Waals surface area contributed by atoms with Gasteiger partial charge in [0.05, 0.1) is 12.5 Å². The SMILES string of the molecule is CCC(CC#N)NC(=O)c1csc(Nc2cc(F)cc(F)c2)n1. The van der Waals surface area contributed by atoms with Crippen LogP contribution in [0.3, 0.4) is 0 Å². The summed E-state index contributed by atoms with van der Waals surface area (Å²) in [6.07, 6.45) is 0.858. The van der Waals surface area contributed by atoms with Crippen molar-refractivity contribution in [3.05, 3.63) is 40.9 Å². The van der Waals surface area contributed by atoms with Crippen LogP contribution in [0.4, 0.5) is 19.6 Å². The van der Waals surface area contributed by atoms with Crippen molar-refractivity contribution in [3.8, 4) is 6.07 Å². The van der Waals surface area contributed by atoms with Crippen molar-refractivity contribution in [3.63, 3.8) is 0 Å². The van der Waals surface area contributed by atoms with Gasteiger partial charge in [0.1, 0.15) is 17.3 Å². The van der Waals surface area contributed by atoms with Gasteiger partial charge in [0, 0.05) is 23.2 Å². The second kappa shape index (κ2) is 7.65. The smallest absolute Gasteiger partial charge is 0.271 e. The van der Waals surface area contributed by atoms with Crippen molar-refractivity contribution < 1.29 is 13.6 Å². The molecule has 1 amide bonds. The lowest BCUT2D eigenvalue weighted by atomic mass is 10.1. The van der Waals surface area contributed by atoms with Gasteiger partial charge in [0.15, 0.2) is 5.13 Å². The Morgan fingerprint density at radius 3 is 2.70 bits per heavy atom. The molecule has 0 fully saturated rings. The van der Waals surface area contributed by atoms with E-state index in [1.807, 2.05) is 13.0 Å². The van der Waals surface area contributed by atoms with Crippen molar-refractivity contribution in [1.82, 2.24) is 10.3 Å². The van der Waals surface area contributed by atoms with E-state index in [1.165, 1.54) is 5.38 Å². The lowest BCUT2D eigenvalue weighted by Crippen LogP contribution is -2.34. The molecule has 120 valence electrons. The van der Waals surface area contributed by atoms with Gasteiger partial charge in [-0.1, -0.05) is 6.92 Å². The molecule has 0 radical (unpaired) electrons. The first-order chi connectivity index (χ1) is 11.0. The Hall–Kier alpha value is -2.53. The van der Waals surface area contributed by atoms with Crippen LogP contribution in [0.2, 0.25) is 0 Å². The summed E-state index contributed by atoms with van der Waals surface area (Å²) < 4.78 is 26.3. The van der Waals surface area contributed by atoms with Gasteiger partial charge in [-0.15, -0.1) is 11.3 Å². The summed E-state index contributed by atoms with van der Waals surface area (Å²) in [5.74, 6) is -1.80. The third kappa shape index (κ3) is 4.72. The molecule has 5 nitrogen and oxygen atoms in total. The van der Waals surface area contributed by atoms with Gasteiger partial charge in [0.25, 0.3) is 5.91 Å². The van der Waals surface area contributed by atoms with Gasteiger partial charge in [0.2, 0.25) is 0 Å². The van der Waals surface area contributed by atoms with Crippen LogP contribution in [0.5, 0.6) is 0 Å². The number of hydrogen-bond donors (Lipinski definition) is 2. The quantitative estimate of drug-likeness (QED) is 0.845. The summed E-state index contributed by atoms with van der Waals surface area (Å²) in [5.41, 5.74) is 0.394. The molecule has 0 aliphatic carbocycles. The second-order valence-corrected chi connectivity index (χ2v) is 5.62. The molecule has 0 aliphatic heterocycles. The topological polar surface area (TPSA) is 77.8 Å². The van der Waals surface area contributed by atoms with Crippen molar-refractivity contribution in [2.45, 2.75) is 25.8 Å². The molecule has 0 saturated carbocycles. The maximum atomic E-state index is 13.1. The number of carbonyl (C=O) groups is 1. The van der Waals surface area contributed by atoms with Crippen LogP contribution in [-0.2, 0) is 0 Å². The van der Waals surface area contributed by atoms with E-state index in [9.17, 15) is 13.6 Å². The number of nitrogens with one attached hydrogen (secondary N) is 2. The van der Waals surface area contributed by atoms with E-state index < -0.39 is 11.6 Å². The number of carbonyl (C=O) groups excluding carboxylic acids is 1. The van der Waals surface area contributed by atoms with Crippen LogP contribution in [0, 0.1) is 23.0 Å². The van der Waals surface area contributed by atoms with Gasteiger partial charge < -0.3 is 10.6 Å². The second-order valence-electron chi connectivity index (χ2n) is 4.76. The minimum absolute atomic E-state index is 0.186. The number of nitriles is 1. The lowest BCUT2D eigenvalue weighted by molar-refractivity contribution is 0.0932. The maximum Gasteiger partial charge on any atom is 0.271 e. The first-order valence-electron chi connectivity index (χ1n) is 6.88. The van der Waals surface area contributed by atoms with Gasteiger partial charge >= 0.3 is 0 Å². The first kappa shape index (κ1) is 16.8. The molecule has 2 rings (SSSR count). The molecule has 1 aromatic carbocycles. The first-order valence-corrected chi connectivity index (χ1v) is 7.76. The van der Waals surface area contributed by atoms with E-state index >= 15 is 0 Å². The van der Waals surface area contributed by atoms with Crippen LogP contribution in [0.25, 0.3) is 0 Å². The standard InChI is InChI=1S/C15H14F2N4OS/c1-2-11(3-4-18)19-14(22)13-8-23-15(21-13)20-12-6-9(16)5-10(17)7-12/h5-8,11H,2-3H2,1H3,(H,19,22)(H,20,21). The fraction of sp³-hybridized carbons (Fsp3) is 0.267. The van der Waals surface area contributed by atoms with Crippen LogP contribution >= 0.6 is 11.3 Å². The fourth-order valence-corrected chi connectivity index (χ4v) is 2.56. The van der Waals surface area contributed by atoms with Crippen molar-refractivity contribution in [1.29, 1.82) is 5.26 Å². The van der Waals surface area contributed by atoms with Crippen LogP contribution < -0.4 is 10.6 Å². The number of rotatable bonds is 6.